The predicted octanol–water partition coefficient (Wildman–Crippen LogP) is 1.90. The number of hydrogen-bond acceptors (Lipinski definition) is 3. The molecule has 0 saturated heterocycles. The summed E-state index contributed by atoms with van der Waals surface area (Å²) in [6.45, 7) is 2.11. The van der Waals surface area contributed by atoms with Gasteiger partial charge in [0.05, 0.1) is 0 Å². The summed E-state index contributed by atoms with van der Waals surface area (Å²) >= 11 is 0. The van der Waals surface area contributed by atoms with Gasteiger partial charge in [0.15, 0.2) is 0 Å². The van der Waals surface area contributed by atoms with E-state index in [4.69, 9.17) is 5.73 Å². The van der Waals surface area contributed by atoms with Crippen LogP contribution in [0.3, 0.4) is 0 Å². The normalized spacial score (nSPS) is 17.4. The lowest BCUT2D eigenvalue weighted by Crippen LogP contribution is -2.28. The van der Waals surface area contributed by atoms with Crippen LogP contribution in [0.15, 0.2) is 12.3 Å². The molecule has 0 aromatic carbocycles. The van der Waals surface area contributed by atoms with Gasteiger partial charge in [0, 0.05) is 12.2 Å². The largest absolute Gasteiger partial charge is 0.383 e. The number of aromatic nitrogens is 1. The van der Waals surface area contributed by atoms with Crippen molar-refractivity contribution < 1.29 is 0 Å². The molecule has 1 aliphatic rings. The molecular formula is C13H21N3. The molecule has 16 heavy (non-hydrogen) atoms. The van der Waals surface area contributed by atoms with Crippen molar-refractivity contribution >= 4 is 5.82 Å². The molecule has 1 aromatic rings. The van der Waals surface area contributed by atoms with Crippen molar-refractivity contribution in [1.82, 2.24) is 10.3 Å². The Morgan fingerprint density at radius 3 is 2.88 bits per heavy atom. The number of rotatable bonds is 5. The zero-order valence-corrected chi connectivity index (χ0v) is 10.2. The molecule has 1 fully saturated rings. The Kier molecular flexibility index (Phi) is 3.44. The van der Waals surface area contributed by atoms with Gasteiger partial charge in [-0.15, -0.1) is 0 Å². The predicted molar refractivity (Wildman–Crippen MR) is 67.3 cm³/mol. The van der Waals surface area contributed by atoms with E-state index in [-0.39, 0.29) is 0 Å². The molecule has 0 radical (unpaired) electrons. The molecule has 0 spiro atoms. The highest BCUT2D eigenvalue weighted by Gasteiger charge is 2.29. The number of nitrogens with zero attached hydrogens (tertiary/aromatic N) is 1. The second-order valence-electron chi connectivity index (χ2n) is 4.76. The second-order valence-corrected chi connectivity index (χ2v) is 4.76. The molecule has 0 amide bonds. The Labute approximate surface area is 97.5 Å². The minimum Gasteiger partial charge on any atom is -0.383 e. The summed E-state index contributed by atoms with van der Waals surface area (Å²) in [5.41, 5.74) is 8.40. The first-order chi connectivity index (χ1) is 7.72. The van der Waals surface area contributed by atoms with Crippen molar-refractivity contribution in [2.45, 2.75) is 38.6 Å². The van der Waals surface area contributed by atoms with Crippen molar-refractivity contribution in [3.05, 3.63) is 23.4 Å². The van der Waals surface area contributed by atoms with E-state index in [1.165, 1.54) is 24.0 Å². The van der Waals surface area contributed by atoms with Crippen molar-refractivity contribution in [3.8, 4) is 0 Å². The minimum atomic E-state index is 0.652. The molecule has 1 heterocycles. The smallest absolute Gasteiger partial charge is 0.126 e. The van der Waals surface area contributed by atoms with Gasteiger partial charge >= 0.3 is 0 Å². The number of nitrogen functional groups attached to an aromatic ring is 1. The van der Waals surface area contributed by atoms with Gasteiger partial charge in [-0.1, -0.05) is 0 Å². The maximum absolute atomic E-state index is 5.91. The van der Waals surface area contributed by atoms with Gasteiger partial charge in [-0.2, -0.15) is 0 Å². The molecule has 3 heteroatoms. The number of nitrogens with two attached hydrogens (primary N) is 1. The second kappa shape index (κ2) is 4.83. The van der Waals surface area contributed by atoms with Crippen LogP contribution >= 0.6 is 0 Å². The van der Waals surface area contributed by atoms with Crippen molar-refractivity contribution in [1.29, 1.82) is 0 Å². The Bertz CT molecular complexity index is 338. The van der Waals surface area contributed by atoms with Crippen LogP contribution in [0.4, 0.5) is 5.82 Å². The first-order valence-corrected chi connectivity index (χ1v) is 6.09. The lowest BCUT2D eigenvalue weighted by molar-refractivity contribution is 0.470. The third-order valence-electron chi connectivity index (χ3n) is 3.59. The fourth-order valence-corrected chi connectivity index (χ4v) is 2.35. The molecule has 1 unspecified atom stereocenters. The summed E-state index contributed by atoms with van der Waals surface area (Å²) in [5.74, 6) is 1.59. The summed E-state index contributed by atoms with van der Waals surface area (Å²) in [6.07, 6.45) is 6.75. The van der Waals surface area contributed by atoms with Crippen molar-refractivity contribution in [3.63, 3.8) is 0 Å². The van der Waals surface area contributed by atoms with Gasteiger partial charge in [-0.05, 0) is 62.8 Å². The van der Waals surface area contributed by atoms with E-state index in [2.05, 4.69) is 24.3 Å². The lowest BCUT2D eigenvalue weighted by atomic mass is 10.00. The first-order valence-electron chi connectivity index (χ1n) is 6.09. The summed E-state index contributed by atoms with van der Waals surface area (Å²) < 4.78 is 0. The highest BCUT2D eigenvalue weighted by molar-refractivity contribution is 5.43. The fourth-order valence-electron chi connectivity index (χ4n) is 2.35. The monoisotopic (exact) mass is 219 g/mol. The van der Waals surface area contributed by atoms with E-state index in [1.54, 1.807) is 6.20 Å². The topological polar surface area (TPSA) is 50.9 Å². The highest BCUT2D eigenvalue weighted by Crippen LogP contribution is 2.34. The Morgan fingerprint density at radius 2 is 2.31 bits per heavy atom. The number of hydrogen-bond donors (Lipinski definition) is 2. The third kappa shape index (κ3) is 2.53. The molecule has 1 atom stereocenters. The summed E-state index contributed by atoms with van der Waals surface area (Å²) in [5, 5.41) is 3.41. The maximum Gasteiger partial charge on any atom is 0.126 e. The molecular weight excluding hydrogens is 198 g/mol. The average Bonchev–Trinajstić information content (AvgIpc) is 3.07. The van der Waals surface area contributed by atoms with Crippen LogP contribution < -0.4 is 11.1 Å². The minimum absolute atomic E-state index is 0.652. The molecule has 0 aliphatic heterocycles. The van der Waals surface area contributed by atoms with Gasteiger partial charge in [0.25, 0.3) is 0 Å². The van der Waals surface area contributed by atoms with E-state index in [0.29, 0.717) is 11.9 Å². The summed E-state index contributed by atoms with van der Waals surface area (Å²) in [7, 11) is 2.06. The fraction of sp³-hybridized carbons (Fsp3) is 0.615. The molecule has 3 N–H and O–H groups in total. The quantitative estimate of drug-likeness (QED) is 0.795. The lowest BCUT2D eigenvalue weighted by Gasteiger charge is -2.16. The molecule has 3 nitrogen and oxygen atoms in total. The zero-order valence-electron chi connectivity index (χ0n) is 10.2. The number of anilines is 1. The molecule has 2 rings (SSSR count). The van der Waals surface area contributed by atoms with E-state index >= 15 is 0 Å². The standard InChI is InChI=1S/C13H21N3/c1-9-7-8-16-13(14)11(9)5-6-12(15-2)10-3-4-10/h7-8,10,12,15H,3-6H2,1-2H3,(H2,14,16). The van der Waals surface area contributed by atoms with Crippen LogP contribution in [0.25, 0.3) is 0 Å². The van der Waals surface area contributed by atoms with Crippen LogP contribution in [0.2, 0.25) is 0 Å². The Balaban J connectivity index is 1.98. The van der Waals surface area contributed by atoms with Gasteiger partial charge in [0.1, 0.15) is 5.82 Å². The van der Waals surface area contributed by atoms with Crippen LogP contribution in [-0.4, -0.2) is 18.1 Å². The maximum atomic E-state index is 5.91. The number of aryl methyl sites for hydroxylation is 1. The van der Waals surface area contributed by atoms with Crippen LogP contribution in [-0.2, 0) is 6.42 Å². The third-order valence-corrected chi connectivity index (χ3v) is 3.59. The molecule has 0 bridgehead atoms. The van der Waals surface area contributed by atoms with Gasteiger partial charge in [-0.25, -0.2) is 4.98 Å². The van der Waals surface area contributed by atoms with Gasteiger partial charge in [0.2, 0.25) is 0 Å². The van der Waals surface area contributed by atoms with Crippen molar-refractivity contribution in [2.24, 2.45) is 5.92 Å². The first kappa shape index (κ1) is 11.4. The van der Waals surface area contributed by atoms with E-state index in [9.17, 15) is 0 Å². The average molecular weight is 219 g/mol. The van der Waals surface area contributed by atoms with Crippen LogP contribution in [0.5, 0.6) is 0 Å². The summed E-state index contributed by atoms with van der Waals surface area (Å²) in [6, 6.07) is 2.69. The highest BCUT2D eigenvalue weighted by atomic mass is 14.9. The van der Waals surface area contributed by atoms with E-state index < -0.39 is 0 Å². The Hall–Kier alpha value is -1.09. The van der Waals surface area contributed by atoms with E-state index in [0.717, 1.165) is 18.8 Å². The molecule has 1 aromatic heterocycles. The van der Waals surface area contributed by atoms with Crippen molar-refractivity contribution in [2.75, 3.05) is 12.8 Å². The molecule has 88 valence electrons. The number of nitrogens with one attached hydrogen (secondary N) is 1. The Morgan fingerprint density at radius 1 is 1.56 bits per heavy atom. The number of pyridine rings is 1. The van der Waals surface area contributed by atoms with Gasteiger partial charge < -0.3 is 11.1 Å². The van der Waals surface area contributed by atoms with Crippen LogP contribution in [0.1, 0.15) is 30.4 Å². The van der Waals surface area contributed by atoms with Gasteiger partial charge in [-0.3, -0.25) is 0 Å². The molecule has 1 saturated carbocycles. The summed E-state index contributed by atoms with van der Waals surface area (Å²) in [4.78, 5) is 4.16. The zero-order chi connectivity index (χ0) is 11.5. The van der Waals surface area contributed by atoms with E-state index in [1.807, 2.05) is 6.07 Å². The molecule has 1 aliphatic carbocycles. The van der Waals surface area contributed by atoms with Crippen LogP contribution in [0, 0.1) is 12.8 Å². The SMILES string of the molecule is CNC(CCc1c(C)ccnc1N)C1CC1.